The number of amides is 1. The zero-order chi connectivity index (χ0) is 14.9. The molecule has 5 heteroatoms. The first kappa shape index (κ1) is 14.5. The van der Waals surface area contributed by atoms with Gasteiger partial charge in [-0.25, -0.2) is 0 Å². The summed E-state index contributed by atoms with van der Waals surface area (Å²) in [6, 6.07) is 4.81. The van der Waals surface area contributed by atoms with Crippen LogP contribution >= 0.6 is 0 Å². The van der Waals surface area contributed by atoms with Crippen LogP contribution in [0.4, 0.5) is 5.69 Å². The number of hydrogen-bond donors (Lipinski definition) is 1. The van der Waals surface area contributed by atoms with E-state index in [-0.39, 0.29) is 28.6 Å². The third-order valence-corrected chi connectivity index (χ3v) is 3.98. The molecule has 1 aromatic rings. The lowest BCUT2D eigenvalue weighted by Crippen LogP contribution is -2.34. The van der Waals surface area contributed by atoms with E-state index in [4.69, 9.17) is 0 Å². The smallest absolute Gasteiger partial charge is 0.282 e. The van der Waals surface area contributed by atoms with Gasteiger partial charge >= 0.3 is 0 Å². The predicted octanol–water partition coefficient (Wildman–Crippen LogP) is 3.21. The Balaban J connectivity index is 2.20. The van der Waals surface area contributed by atoms with E-state index in [2.05, 4.69) is 19.2 Å². The van der Waals surface area contributed by atoms with Gasteiger partial charge < -0.3 is 5.32 Å². The van der Waals surface area contributed by atoms with Crippen molar-refractivity contribution in [3.05, 3.63) is 39.4 Å². The standard InChI is InChI=1S/C15H20N2O3/c1-10-5-4-6-12(17(19)20)13(10)14(18)16-11-7-8-15(2,3)9-11/h4-6,11H,7-9H2,1-3H3,(H,16,18). The van der Waals surface area contributed by atoms with Crippen LogP contribution in [-0.2, 0) is 0 Å². The van der Waals surface area contributed by atoms with Gasteiger partial charge in [-0.15, -0.1) is 0 Å². The number of nitro groups is 1. The van der Waals surface area contributed by atoms with Crippen LogP contribution in [-0.4, -0.2) is 16.9 Å². The first-order valence-corrected chi connectivity index (χ1v) is 6.85. The Labute approximate surface area is 118 Å². The normalized spacial score (nSPS) is 20.6. The predicted molar refractivity (Wildman–Crippen MR) is 76.7 cm³/mol. The summed E-state index contributed by atoms with van der Waals surface area (Å²) in [4.78, 5) is 22.9. The maximum atomic E-state index is 12.3. The topological polar surface area (TPSA) is 72.2 Å². The van der Waals surface area contributed by atoms with Crippen molar-refractivity contribution in [2.45, 2.75) is 46.1 Å². The molecule has 0 bridgehead atoms. The average molecular weight is 276 g/mol. The van der Waals surface area contributed by atoms with Gasteiger partial charge in [-0.05, 0) is 37.2 Å². The third kappa shape index (κ3) is 2.98. The summed E-state index contributed by atoms with van der Waals surface area (Å²) in [5.41, 5.74) is 0.922. The number of hydrogen-bond acceptors (Lipinski definition) is 3. The highest BCUT2D eigenvalue weighted by atomic mass is 16.6. The maximum Gasteiger partial charge on any atom is 0.282 e. The van der Waals surface area contributed by atoms with Crippen LogP contribution in [0.3, 0.4) is 0 Å². The monoisotopic (exact) mass is 276 g/mol. The van der Waals surface area contributed by atoms with Crippen molar-refractivity contribution < 1.29 is 9.72 Å². The molecule has 5 nitrogen and oxygen atoms in total. The van der Waals surface area contributed by atoms with E-state index in [0.717, 1.165) is 19.3 Å². The summed E-state index contributed by atoms with van der Waals surface area (Å²) in [6.07, 6.45) is 2.91. The van der Waals surface area contributed by atoms with Crippen LogP contribution in [0.2, 0.25) is 0 Å². The highest BCUT2D eigenvalue weighted by Gasteiger charge is 2.33. The minimum atomic E-state index is -0.500. The van der Waals surface area contributed by atoms with Gasteiger partial charge in [0.05, 0.1) is 4.92 Å². The van der Waals surface area contributed by atoms with Crippen LogP contribution in [0.15, 0.2) is 18.2 Å². The zero-order valence-electron chi connectivity index (χ0n) is 12.1. The largest absolute Gasteiger partial charge is 0.349 e. The fraction of sp³-hybridized carbons (Fsp3) is 0.533. The summed E-state index contributed by atoms with van der Waals surface area (Å²) in [6.45, 7) is 6.07. The second-order valence-electron chi connectivity index (χ2n) is 6.30. The third-order valence-electron chi connectivity index (χ3n) is 3.98. The van der Waals surface area contributed by atoms with Crippen molar-refractivity contribution in [2.24, 2.45) is 5.41 Å². The van der Waals surface area contributed by atoms with E-state index in [1.807, 2.05) is 0 Å². The highest BCUT2D eigenvalue weighted by molar-refractivity contribution is 5.99. The quantitative estimate of drug-likeness (QED) is 0.680. The minimum Gasteiger partial charge on any atom is -0.349 e. The zero-order valence-corrected chi connectivity index (χ0v) is 12.1. The fourth-order valence-electron chi connectivity index (χ4n) is 2.92. The molecule has 0 heterocycles. The molecule has 20 heavy (non-hydrogen) atoms. The van der Waals surface area contributed by atoms with E-state index < -0.39 is 4.92 Å². The molecule has 0 aromatic heterocycles. The van der Waals surface area contributed by atoms with Gasteiger partial charge in [0.15, 0.2) is 0 Å². The molecule has 1 saturated carbocycles. The van der Waals surface area contributed by atoms with Crippen molar-refractivity contribution >= 4 is 11.6 Å². The fourth-order valence-corrected chi connectivity index (χ4v) is 2.92. The molecule has 1 amide bonds. The second kappa shape index (κ2) is 5.23. The molecule has 1 unspecified atom stereocenters. The van der Waals surface area contributed by atoms with Gasteiger partial charge in [-0.1, -0.05) is 26.0 Å². The van der Waals surface area contributed by atoms with Gasteiger partial charge in [-0.3, -0.25) is 14.9 Å². The van der Waals surface area contributed by atoms with Gasteiger partial charge in [0.25, 0.3) is 11.6 Å². The molecule has 1 N–H and O–H groups in total. The molecule has 1 aliphatic carbocycles. The summed E-state index contributed by atoms with van der Waals surface area (Å²) in [5, 5.41) is 14.0. The number of nitro benzene ring substituents is 1. The molecular formula is C15H20N2O3. The Kier molecular flexibility index (Phi) is 3.79. The number of carbonyl (C=O) groups is 1. The molecule has 0 spiro atoms. The first-order valence-electron chi connectivity index (χ1n) is 6.85. The Morgan fingerprint density at radius 2 is 2.15 bits per heavy atom. The van der Waals surface area contributed by atoms with Crippen LogP contribution in [0.25, 0.3) is 0 Å². The van der Waals surface area contributed by atoms with E-state index in [1.165, 1.54) is 6.07 Å². The number of benzene rings is 1. The molecule has 0 saturated heterocycles. The Morgan fingerprint density at radius 1 is 1.45 bits per heavy atom. The number of aryl methyl sites for hydroxylation is 1. The summed E-state index contributed by atoms with van der Waals surface area (Å²) < 4.78 is 0. The highest BCUT2D eigenvalue weighted by Crippen LogP contribution is 2.37. The lowest BCUT2D eigenvalue weighted by Gasteiger charge is -2.18. The molecule has 1 aliphatic rings. The molecule has 1 atom stereocenters. The second-order valence-corrected chi connectivity index (χ2v) is 6.30. The minimum absolute atomic E-state index is 0.108. The first-order chi connectivity index (χ1) is 9.30. The van der Waals surface area contributed by atoms with Crippen LogP contribution in [0, 0.1) is 22.5 Å². The van der Waals surface area contributed by atoms with E-state index in [0.29, 0.717) is 5.56 Å². The van der Waals surface area contributed by atoms with Crippen molar-refractivity contribution in [2.75, 3.05) is 0 Å². The van der Waals surface area contributed by atoms with Crippen molar-refractivity contribution in [1.82, 2.24) is 5.32 Å². The van der Waals surface area contributed by atoms with E-state index >= 15 is 0 Å². The number of nitrogens with one attached hydrogen (secondary N) is 1. The number of nitrogens with zero attached hydrogens (tertiary/aromatic N) is 1. The lowest BCUT2D eigenvalue weighted by atomic mass is 9.92. The van der Waals surface area contributed by atoms with Gasteiger partial charge in [0.2, 0.25) is 0 Å². The molecular weight excluding hydrogens is 256 g/mol. The maximum absolute atomic E-state index is 12.3. The molecule has 1 aromatic carbocycles. The molecule has 0 aliphatic heterocycles. The summed E-state index contributed by atoms with van der Waals surface area (Å²) in [7, 11) is 0. The van der Waals surface area contributed by atoms with Gasteiger partial charge in [-0.2, -0.15) is 0 Å². The van der Waals surface area contributed by atoms with Crippen LogP contribution in [0.5, 0.6) is 0 Å². The van der Waals surface area contributed by atoms with E-state index in [9.17, 15) is 14.9 Å². The number of carbonyl (C=O) groups excluding carboxylic acids is 1. The van der Waals surface area contributed by atoms with E-state index in [1.54, 1.807) is 19.1 Å². The Bertz CT molecular complexity index is 552. The SMILES string of the molecule is Cc1cccc([N+](=O)[O-])c1C(=O)NC1CCC(C)(C)C1. The summed E-state index contributed by atoms with van der Waals surface area (Å²) in [5.74, 6) is -0.336. The Hall–Kier alpha value is -1.91. The molecule has 1 fully saturated rings. The molecule has 0 radical (unpaired) electrons. The van der Waals surface area contributed by atoms with Crippen molar-refractivity contribution in [3.63, 3.8) is 0 Å². The molecule has 2 rings (SSSR count). The van der Waals surface area contributed by atoms with Gasteiger partial charge in [0, 0.05) is 12.1 Å². The number of rotatable bonds is 3. The van der Waals surface area contributed by atoms with Crippen LogP contribution < -0.4 is 5.32 Å². The Morgan fingerprint density at radius 3 is 2.70 bits per heavy atom. The van der Waals surface area contributed by atoms with Gasteiger partial charge in [0.1, 0.15) is 5.56 Å². The molecule has 108 valence electrons. The summed E-state index contributed by atoms with van der Waals surface area (Å²) >= 11 is 0. The van der Waals surface area contributed by atoms with Crippen molar-refractivity contribution in [3.8, 4) is 0 Å². The van der Waals surface area contributed by atoms with Crippen molar-refractivity contribution in [1.29, 1.82) is 0 Å². The average Bonchev–Trinajstić information content (AvgIpc) is 2.67. The van der Waals surface area contributed by atoms with Crippen LogP contribution in [0.1, 0.15) is 49.0 Å². The lowest BCUT2D eigenvalue weighted by molar-refractivity contribution is -0.385.